The van der Waals surface area contributed by atoms with Gasteiger partial charge in [0.1, 0.15) is 17.3 Å². The second-order valence-corrected chi connectivity index (χ2v) is 9.45. The average molecular weight is 605 g/mol. The molecule has 16 heteroatoms. The van der Waals surface area contributed by atoms with Gasteiger partial charge in [-0.05, 0) is 48.2 Å². The van der Waals surface area contributed by atoms with Crippen LogP contribution in [0.5, 0.6) is 11.5 Å². The van der Waals surface area contributed by atoms with E-state index in [2.05, 4.69) is 4.74 Å². The Kier molecular flexibility index (Phi) is 7.88. The number of methoxy groups -OCH3 is 1. The van der Waals surface area contributed by atoms with Gasteiger partial charge in [0.05, 0.1) is 26.0 Å². The van der Waals surface area contributed by atoms with Gasteiger partial charge in [0.15, 0.2) is 5.78 Å². The molecule has 41 heavy (non-hydrogen) atoms. The van der Waals surface area contributed by atoms with E-state index in [4.69, 9.17) is 9.47 Å². The average Bonchev–Trinajstić information content (AvgIpc) is 3.16. The molecule has 0 radical (unpaired) electrons. The lowest BCUT2D eigenvalue weighted by Gasteiger charge is -2.33. The van der Waals surface area contributed by atoms with Gasteiger partial charge in [-0.3, -0.25) is 4.79 Å². The number of rotatable bonds is 6. The molecule has 1 N–H and O–H groups in total. The molecule has 2 aromatic carbocycles. The van der Waals surface area contributed by atoms with Crippen LogP contribution in [0.4, 0.5) is 49.6 Å². The number of Topliss-reactive ketones (excluding diaryl/α,β-unsaturated/α-hetero) is 1. The Morgan fingerprint density at radius 2 is 1.59 bits per heavy atom. The highest BCUT2D eigenvalue weighted by Crippen LogP contribution is 2.52. The summed E-state index contributed by atoms with van der Waals surface area (Å²) in [5, 5.41) is 9.73. The molecule has 1 heterocycles. The summed E-state index contributed by atoms with van der Waals surface area (Å²) in [5.41, 5.74) is -8.47. The van der Waals surface area contributed by atoms with Crippen molar-refractivity contribution in [2.45, 2.75) is 37.2 Å². The summed E-state index contributed by atoms with van der Waals surface area (Å²) in [4.78, 5) is 15.1. The molecule has 1 fully saturated rings. The maximum absolute atomic E-state index is 15.3. The fraction of sp³-hybridized carbons (Fsp3) is 0.480. The number of ether oxygens (including phenoxy) is 3. The van der Waals surface area contributed by atoms with Crippen LogP contribution >= 0.6 is 0 Å². The molecule has 1 aliphatic heterocycles. The largest absolute Gasteiger partial charge is 0.573 e. The van der Waals surface area contributed by atoms with E-state index in [-0.39, 0.29) is 23.8 Å². The van der Waals surface area contributed by atoms with E-state index in [0.717, 1.165) is 0 Å². The molecular weight excluding hydrogens is 584 g/mol. The van der Waals surface area contributed by atoms with Crippen molar-refractivity contribution in [1.29, 1.82) is 0 Å². The molecule has 1 atom stereocenters. The van der Waals surface area contributed by atoms with E-state index < -0.39 is 71.2 Å². The maximum Gasteiger partial charge on any atom is 0.573 e. The van der Waals surface area contributed by atoms with E-state index in [1.807, 2.05) is 4.90 Å². The second kappa shape index (κ2) is 10.5. The van der Waals surface area contributed by atoms with Crippen LogP contribution in [-0.4, -0.2) is 63.0 Å². The minimum absolute atomic E-state index is 0.0919. The summed E-state index contributed by atoms with van der Waals surface area (Å²) in [6.45, 7) is 1.77. The number of carbonyl (C=O) groups excluding carboxylic acids is 1. The first-order valence-corrected chi connectivity index (χ1v) is 11.9. The van der Waals surface area contributed by atoms with Gasteiger partial charge in [-0.1, -0.05) is 0 Å². The number of morpholine rings is 1. The van der Waals surface area contributed by atoms with Gasteiger partial charge in [0, 0.05) is 30.1 Å². The van der Waals surface area contributed by atoms with Gasteiger partial charge >= 0.3 is 18.7 Å². The minimum Gasteiger partial charge on any atom is -0.495 e. The second-order valence-electron chi connectivity index (χ2n) is 9.45. The third kappa shape index (κ3) is 5.76. The van der Waals surface area contributed by atoms with Gasteiger partial charge in [-0.15, -0.1) is 13.2 Å². The molecule has 4 rings (SSSR count). The van der Waals surface area contributed by atoms with Crippen LogP contribution < -0.4 is 14.4 Å². The Balaban J connectivity index is 1.76. The quantitative estimate of drug-likeness (QED) is 0.441. The number of carbonyl (C=O) groups is 1. The molecule has 0 spiro atoms. The zero-order valence-electron chi connectivity index (χ0n) is 20.9. The SMILES string of the molecule is COc1cc2c(cc1N1CCOCC1)CC(Cc1cc(OC(F)(F)F)cc(C(O)(C(F)(F)F)C(F)(F)F)c1F)C2=O. The minimum atomic E-state index is -6.59. The van der Waals surface area contributed by atoms with Crippen molar-refractivity contribution >= 4 is 11.5 Å². The number of fused-ring (bicyclic) bond motifs is 1. The Bertz CT molecular complexity index is 1300. The molecule has 1 saturated heterocycles. The predicted octanol–water partition coefficient (Wildman–Crippen LogP) is 5.48. The molecule has 0 amide bonds. The van der Waals surface area contributed by atoms with Crippen LogP contribution in [0.2, 0.25) is 0 Å². The van der Waals surface area contributed by atoms with Gasteiger partial charge in [-0.25, -0.2) is 4.39 Å². The standard InChI is InChI=1S/C25H21F10NO5/c1-39-19-11-16-12(9-18(19)36-2-4-40-5-3-36)6-14(21(16)37)7-13-8-15(41-25(33,34)35)10-17(20(13)26)22(38,23(27,28)29)24(30,31)32/h8-11,14,38H,2-7H2,1H3. The monoisotopic (exact) mass is 605 g/mol. The molecule has 2 aromatic rings. The van der Waals surface area contributed by atoms with Crippen molar-refractivity contribution in [3.05, 3.63) is 52.3 Å². The highest BCUT2D eigenvalue weighted by molar-refractivity contribution is 6.03. The summed E-state index contributed by atoms with van der Waals surface area (Å²) >= 11 is 0. The number of aliphatic hydroxyl groups is 1. The van der Waals surface area contributed by atoms with Gasteiger partial charge in [-0.2, -0.15) is 26.3 Å². The summed E-state index contributed by atoms with van der Waals surface area (Å²) in [6, 6.07) is 2.72. The first-order valence-electron chi connectivity index (χ1n) is 11.9. The number of anilines is 1. The van der Waals surface area contributed by atoms with Gasteiger partial charge in [0.25, 0.3) is 5.60 Å². The van der Waals surface area contributed by atoms with Crippen LogP contribution in [0.15, 0.2) is 24.3 Å². The zero-order chi connectivity index (χ0) is 30.5. The molecule has 6 nitrogen and oxygen atoms in total. The van der Waals surface area contributed by atoms with Crippen molar-refractivity contribution in [2.75, 3.05) is 38.3 Å². The summed E-state index contributed by atoms with van der Waals surface area (Å²) in [7, 11) is 1.34. The van der Waals surface area contributed by atoms with Crippen molar-refractivity contribution in [3.63, 3.8) is 0 Å². The van der Waals surface area contributed by atoms with Crippen LogP contribution in [0, 0.1) is 11.7 Å². The highest BCUT2D eigenvalue weighted by Gasteiger charge is 2.72. The predicted molar refractivity (Wildman–Crippen MR) is 120 cm³/mol. The smallest absolute Gasteiger partial charge is 0.495 e. The summed E-state index contributed by atoms with van der Waals surface area (Å²) in [5.74, 6) is -5.60. The molecule has 0 aromatic heterocycles. The Morgan fingerprint density at radius 3 is 2.12 bits per heavy atom. The Morgan fingerprint density at radius 1 is 0.976 bits per heavy atom. The van der Waals surface area contributed by atoms with E-state index in [1.165, 1.54) is 13.2 Å². The number of hydrogen-bond donors (Lipinski definition) is 1. The van der Waals surface area contributed by atoms with Crippen molar-refractivity contribution in [3.8, 4) is 11.5 Å². The third-order valence-electron chi connectivity index (χ3n) is 6.89. The van der Waals surface area contributed by atoms with E-state index in [9.17, 15) is 49.4 Å². The highest BCUT2D eigenvalue weighted by atomic mass is 19.4. The number of halogens is 10. The number of ketones is 1. The Hall–Kier alpha value is -3.27. The molecule has 226 valence electrons. The summed E-state index contributed by atoms with van der Waals surface area (Å²) < 4.78 is 149. The lowest BCUT2D eigenvalue weighted by atomic mass is 9.87. The van der Waals surface area contributed by atoms with Crippen LogP contribution in [0.1, 0.15) is 27.0 Å². The van der Waals surface area contributed by atoms with Gasteiger partial charge in [0.2, 0.25) is 0 Å². The van der Waals surface area contributed by atoms with Crippen molar-refractivity contribution in [1.82, 2.24) is 0 Å². The lowest BCUT2D eigenvalue weighted by Crippen LogP contribution is -2.54. The molecule has 0 saturated carbocycles. The zero-order valence-corrected chi connectivity index (χ0v) is 20.9. The third-order valence-corrected chi connectivity index (χ3v) is 6.89. The van der Waals surface area contributed by atoms with Crippen molar-refractivity contribution in [2.24, 2.45) is 5.92 Å². The van der Waals surface area contributed by atoms with Crippen LogP contribution in [0.3, 0.4) is 0 Å². The first kappa shape index (κ1) is 30.7. The normalized spacial score (nSPS) is 18.5. The van der Waals surface area contributed by atoms with Crippen LogP contribution in [0.25, 0.3) is 0 Å². The number of alkyl halides is 9. The Labute approximate surface area is 225 Å². The molecule has 2 aliphatic rings. The number of benzene rings is 2. The van der Waals surface area contributed by atoms with E-state index in [1.54, 1.807) is 6.07 Å². The van der Waals surface area contributed by atoms with E-state index in [0.29, 0.717) is 37.6 Å². The number of hydrogen-bond acceptors (Lipinski definition) is 6. The molecule has 0 bridgehead atoms. The topological polar surface area (TPSA) is 68.2 Å². The number of nitrogens with zero attached hydrogens (tertiary/aromatic N) is 1. The fourth-order valence-electron chi connectivity index (χ4n) is 4.96. The molecule has 1 aliphatic carbocycles. The summed E-state index contributed by atoms with van der Waals surface area (Å²) in [6.07, 6.45) is -19.8. The molecule has 1 unspecified atom stereocenters. The lowest BCUT2D eigenvalue weighted by molar-refractivity contribution is -0.377. The van der Waals surface area contributed by atoms with Crippen LogP contribution in [-0.2, 0) is 23.2 Å². The van der Waals surface area contributed by atoms with E-state index >= 15 is 4.39 Å². The first-order chi connectivity index (χ1) is 18.9. The molecular formula is C25H21F10NO5. The van der Waals surface area contributed by atoms with Crippen molar-refractivity contribution < 1.29 is 68.0 Å². The van der Waals surface area contributed by atoms with Gasteiger partial charge < -0.3 is 24.2 Å². The fourth-order valence-corrected chi connectivity index (χ4v) is 4.96. The maximum atomic E-state index is 15.3.